The maximum atomic E-state index is 13.6. The van der Waals surface area contributed by atoms with Crippen molar-refractivity contribution in [3.63, 3.8) is 0 Å². The van der Waals surface area contributed by atoms with Crippen LogP contribution >= 0.6 is 0 Å². The molecule has 208 valence electrons. The summed E-state index contributed by atoms with van der Waals surface area (Å²) in [5.74, 6) is 1.16. The van der Waals surface area contributed by atoms with Gasteiger partial charge >= 0.3 is 6.18 Å². The number of aromatic nitrogens is 4. The second-order valence-electron chi connectivity index (χ2n) is 9.53. The first-order chi connectivity index (χ1) is 19.0. The molecule has 0 unspecified atom stereocenters. The van der Waals surface area contributed by atoms with E-state index < -0.39 is 23.8 Å². The molecule has 3 heterocycles. The lowest BCUT2D eigenvalue weighted by atomic mass is 10.1. The number of hydrogen-bond acceptors (Lipinski definition) is 8. The van der Waals surface area contributed by atoms with Crippen molar-refractivity contribution in [3.8, 4) is 5.82 Å². The first kappa shape index (κ1) is 26.9. The number of halogens is 3. The highest BCUT2D eigenvalue weighted by atomic mass is 19.4. The number of benzene rings is 2. The van der Waals surface area contributed by atoms with Crippen LogP contribution in [0.5, 0.6) is 0 Å². The molecule has 4 aromatic rings. The Morgan fingerprint density at radius 3 is 2.52 bits per heavy atom. The Morgan fingerprint density at radius 1 is 1.05 bits per heavy atom. The van der Waals surface area contributed by atoms with Crippen molar-refractivity contribution >= 4 is 34.6 Å². The first-order valence-electron chi connectivity index (χ1n) is 12.4. The van der Waals surface area contributed by atoms with Crippen LogP contribution in [-0.4, -0.2) is 57.0 Å². The Kier molecular flexibility index (Phi) is 7.06. The van der Waals surface area contributed by atoms with Crippen molar-refractivity contribution in [2.24, 2.45) is 0 Å². The van der Waals surface area contributed by atoms with E-state index in [1.54, 1.807) is 40.9 Å². The smallest absolute Gasteiger partial charge is 0.389 e. The predicted molar refractivity (Wildman–Crippen MR) is 146 cm³/mol. The minimum atomic E-state index is -4.60. The fraction of sp³-hybridized carbons (Fsp3) is 0.259. The molecule has 2 aromatic carbocycles. The highest BCUT2D eigenvalue weighted by molar-refractivity contribution is 6.05. The van der Waals surface area contributed by atoms with E-state index in [-0.39, 0.29) is 30.0 Å². The lowest BCUT2D eigenvalue weighted by Gasteiger charge is -2.38. The molecule has 0 atom stereocenters. The van der Waals surface area contributed by atoms with Gasteiger partial charge in [0.25, 0.3) is 5.91 Å². The molecule has 0 saturated carbocycles. The first-order valence-corrected chi connectivity index (χ1v) is 12.4. The molecule has 10 nitrogen and oxygen atoms in total. The Hall–Kier alpha value is -4.65. The van der Waals surface area contributed by atoms with Gasteiger partial charge in [0.1, 0.15) is 18.0 Å². The Balaban J connectivity index is 1.41. The molecular formula is C27H27F3N8O2. The second kappa shape index (κ2) is 10.5. The van der Waals surface area contributed by atoms with E-state index in [4.69, 9.17) is 0 Å². The molecular weight excluding hydrogens is 525 g/mol. The summed E-state index contributed by atoms with van der Waals surface area (Å²) in [6, 6.07) is 11.9. The van der Waals surface area contributed by atoms with Gasteiger partial charge in [-0.05, 0) is 49.7 Å². The van der Waals surface area contributed by atoms with Crippen LogP contribution in [0, 0.1) is 13.8 Å². The summed E-state index contributed by atoms with van der Waals surface area (Å²) in [6.07, 6.45) is -3.77. The second-order valence-corrected chi connectivity index (χ2v) is 9.53. The average Bonchev–Trinajstić information content (AvgIpc) is 3.27. The van der Waals surface area contributed by atoms with Gasteiger partial charge in [-0.1, -0.05) is 6.07 Å². The van der Waals surface area contributed by atoms with Crippen molar-refractivity contribution < 1.29 is 23.1 Å². The van der Waals surface area contributed by atoms with E-state index in [1.807, 2.05) is 19.9 Å². The molecule has 4 N–H and O–H groups in total. The van der Waals surface area contributed by atoms with Crippen molar-refractivity contribution in [1.82, 2.24) is 19.7 Å². The van der Waals surface area contributed by atoms with Crippen LogP contribution in [0.4, 0.5) is 41.9 Å². The van der Waals surface area contributed by atoms with Gasteiger partial charge in [-0.15, -0.1) is 0 Å². The fourth-order valence-corrected chi connectivity index (χ4v) is 4.30. The predicted octanol–water partition coefficient (Wildman–Crippen LogP) is 4.52. The summed E-state index contributed by atoms with van der Waals surface area (Å²) >= 11 is 0. The van der Waals surface area contributed by atoms with Gasteiger partial charge in [0, 0.05) is 54.9 Å². The van der Waals surface area contributed by atoms with E-state index >= 15 is 0 Å². The van der Waals surface area contributed by atoms with Gasteiger partial charge in [-0.3, -0.25) is 4.79 Å². The van der Waals surface area contributed by atoms with Crippen LogP contribution in [0.25, 0.3) is 5.82 Å². The number of aliphatic hydroxyl groups is 1. The summed E-state index contributed by atoms with van der Waals surface area (Å²) in [5, 5.41) is 22.9. The molecule has 0 spiro atoms. The van der Waals surface area contributed by atoms with Crippen LogP contribution in [0.2, 0.25) is 0 Å². The third-order valence-corrected chi connectivity index (χ3v) is 6.45. The van der Waals surface area contributed by atoms with Gasteiger partial charge < -0.3 is 26.0 Å². The van der Waals surface area contributed by atoms with Gasteiger partial charge in [0.15, 0.2) is 5.82 Å². The van der Waals surface area contributed by atoms with E-state index in [2.05, 4.69) is 31.0 Å². The molecule has 5 rings (SSSR count). The topological polar surface area (TPSA) is 120 Å². The minimum absolute atomic E-state index is 0.00380. The molecule has 1 aliphatic rings. The van der Waals surface area contributed by atoms with Crippen molar-refractivity contribution in [3.05, 3.63) is 77.2 Å². The summed E-state index contributed by atoms with van der Waals surface area (Å²) in [4.78, 5) is 23.2. The van der Waals surface area contributed by atoms with Crippen LogP contribution in [-0.2, 0) is 6.18 Å². The number of carbonyl (C=O) groups is 1. The minimum Gasteiger partial charge on any atom is -0.389 e. The molecule has 0 bridgehead atoms. The zero-order chi connectivity index (χ0) is 28.6. The quantitative estimate of drug-likeness (QED) is 0.264. The molecule has 1 saturated heterocycles. The summed E-state index contributed by atoms with van der Waals surface area (Å²) in [5.41, 5.74) is 1.81. The van der Waals surface area contributed by atoms with E-state index in [1.165, 1.54) is 12.4 Å². The molecule has 40 heavy (non-hydrogen) atoms. The largest absolute Gasteiger partial charge is 0.416 e. The fourth-order valence-electron chi connectivity index (χ4n) is 4.30. The van der Waals surface area contributed by atoms with Gasteiger partial charge in [0.2, 0.25) is 0 Å². The summed E-state index contributed by atoms with van der Waals surface area (Å²) in [6.45, 7) is 4.15. The number of nitrogens with zero attached hydrogens (tertiary/aromatic N) is 5. The summed E-state index contributed by atoms with van der Waals surface area (Å²) in [7, 11) is 1.75. The maximum Gasteiger partial charge on any atom is 0.416 e. The Morgan fingerprint density at radius 2 is 1.82 bits per heavy atom. The molecule has 0 radical (unpaired) electrons. The van der Waals surface area contributed by atoms with Crippen molar-refractivity contribution in [2.45, 2.75) is 26.1 Å². The Labute approximate surface area is 227 Å². The third-order valence-electron chi connectivity index (χ3n) is 6.45. The van der Waals surface area contributed by atoms with Crippen LogP contribution in [0.1, 0.15) is 27.2 Å². The van der Waals surface area contributed by atoms with Crippen LogP contribution < -0.4 is 20.9 Å². The number of carbonyl (C=O) groups excluding carboxylic acids is 1. The standard InChI is InChI=1S/C27H27F3N8O2/c1-15-4-5-17(7-22(15)35-25-6-16(2)36-38(25)24-11-23(31-3)32-14-33-24)26(40)34-19-8-18(27(28,29)30)9-20(10-19)37-12-21(39)13-37/h4-11,14,21,35,39H,12-13H2,1-3H3,(H,34,40)(H,31,32,33). The summed E-state index contributed by atoms with van der Waals surface area (Å²) < 4.78 is 42.3. The highest BCUT2D eigenvalue weighted by Crippen LogP contribution is 2.36. The monoisotopic (exact) mass is 552 g/mol. The molecule has 1 aliphatic heterocycles. The molecule has 1 fully saturated rings. The lowest BCUT2D eigenvalue weighted by Crippen LogP contribution is -2.50. The van der Waals surface area contributed by atoms with Gasteiger partial charge in [-0.25, -0.2) is 9.97 Å². The third kappa shape index (κ3) is 5.69. The van der Waals surface area contributed by atoms with E-state index in [9.17, 15) is 23.1 Å². The number of hydrogen-bond donors (Lipinski definition) is 4. The zero-order valence-corrected chi connectivity index (χ0v) is 21.9. The molecule has 2 aromatic heterocycles. The Bertz CT molecular complexity index is 1560. The van der Waals surface area contributed by atoms with Crippen molar-refractivity contribution in [1.29, 1.82) is 0 Å². The zero-order valence-electron chi connectivity index (χ0n) is 21.9. The number of rotatable bonds is 7. The number of amides is 1. The number of alkyl halides is 3. The number of aryl methyl sites for hydroxylation is 2. The van der Waals surface area contributed by atoms with Crippen LogP contribution in [0.3, 0.4) is 0 Å². The molecule has 1 amide bonds. The number of nitrogens with one attached hydrogen (secondary N) is 3. The van der Waals surface area contributed by atoms with Crippen LogP contribution in [0.15, 0.2) is 54.9 Å². The molecule has 13 heteroatoms. The number of anilines is 5. The highest BCUT2D eigenvalue weighted by Gasteiger charge is 2.33. The maximum absolute atomic E-state index is 13.6. The molecule has 0 aliphatic carbocycles. The number of aliphatic hydroxyl groups excluding tert-OH is 1. The normalized spacial score (nSPS) is 13.6. The van der Waals surface area contributed by atoms with E-state index in [0.29, 0.717) is 23.1 Å². The van der Waals surface area contributed by atoms with Crippen molar-refractivity contribution in [2.75, 3.05) is 41.0 Å². The van der Waals surface area contributed by atoms with E-state index in [0.717, 1.165) is 23.4 Å². The average molecular weight is 553 g/mol. The number of β-amino-alcohol motifs (C(OH)–C–C–N with tert-alkyl or cyclic N) is 1. The SMILES string of the molecule is CNc1cc(-n2nc(C)cc2Nc2cc(C(=O)Nc3cc(N4CC(O)C4)cc(C(F)(F)F)c3)ccc2C)ncn1. The van der Waals surface area contributed by atoms with Gasteiger partial charge in [0.05, 0.1) is 17.4 Å². The van der Waals surface area contributed by atoms with Gasteiger partial charge in [-0.2, -0.15) is 23.0 Å². The lowest BCUT2D eigenvalue weighted by molar-refractivity contribution is -0.137.